The van der Waals surface area contributed by atoms with Crippen LogP contribution in [-0.4, -0.2) is 57.5 Å². The van der Waals surface area contributed by atoms with Crippen molar-refractivity contribution in [2.45, 2.75) is 94.5 Å². The van der Waals surface area contributed by atoms with Crippen LogP contribution in [0.2, 0.25) is 0 Å². The number of esters is 1. The first-order chi connectivity index (χ1) is 23.4. The largest absolute Gasteiger partial charge is 0.453 e. The second-order valence-electron chi connectivity index (χ2n) is 15.3. The molecule has 0 bridgehead atoms. The van der Waals surface area contributed by atoms with E-state index < -0.39 is 36.7 Å². The maximum Gasteiger partial charge on any atom is 0.306 e. The van der Waals surface area contributed by atoms with Crippen LogP contribution in [0.15, 0.2) is 94.7 Å². The fraction of sp³-hybridized carbons (Fsp3) is 0.425. The van der Waals surface area contributed by atoms with Crippen LogP contribution in [0.3, 0.4) is 0 Å². The normalized spacial score (nSPS) is 14.4. The maximum absolute atomic E-state index is 12.3. The van der Waals surface area contributed by atoms with Crippen LogP contribution in [-0.2, 0) is 52.6 Å². The van der Waals surface area contributed by atoms with Crippen LogP contribution >= 0.6 is 0 Å². The Hall–Kier alpha value is -3.61. The zero-order valence-corrected chi connectivity index (χ0v) is 33.0. The molecule has 0 aliphatic carbocycles. The van der Waals surface area contributed by atoms with E-state index in [4.69, 9.17) is 4.74 Å². The molecule has 11 heteroatoms. The lowest BCUT2D eigenvalue weighted by Gasteiger charge is -2.40. The monoisotopic (exact) mass is 739 g/mol. The van der Waals surface area contributed by atoms with Crippen LogP contribution in [0.5, 0.6) is 0 Å². The summed E-state index contributed by atoms with van der Waals surface area (Å²) >= 11 is 0. The minimum atomic E-state index is -4.63. The van der Waals surface area contributed by atoms with E-state index in [0.29, 0.717) is 24.0 Å². The minimum absolute atomic E-state index is 0.0561. The molecule has 4 rings (SSSR count). The van der Waals surface area contributed by atoms with E-state index in [0.717, 1.165) is 12.1 Å². The lowest BCUT2D eigenvalue weighted by atomic mass is 9.77. The first kappa shape index (κ1) is 41.8. The number of fused-ring (bicyclic) bond motifs is 1. The Morgan fingerprint density at radius 2 is 1.12 bits per heavy atom. The van der Waals surface area contributed by atoms with Gasteiger partial charge in [0.15, 0.2) is 0 Å². The SMILES string of the molecule is CC(C)(C)c1ccc2c(S(=O)(=O)O)c(C(C)(C)C)ccc2c1S(=O)(=O)O.CCC(=O)O[C@@](Cc1ccccc1)(c1ccccc1)[C@@H](C)CN(C)C. The van der Waals surface area contributed by atoms with Gasteiger partial charge in [-0.2, -0.15) is 16.8 Å². The molecule has 0 unspecified atom stereocenters. The highest BCUT2D eigenvalue weighted by atomic mass is 32.2. The Morgan fingerprint density at radius 3 is 1.47 bits per heavy atom. The van der Waals surface area contributed by atoms with Gasteiger partial charge in [-0.3, -0.25) is 13.9 Å². The van der Waals surface area contributed by atoms with Gasteiger partial charge in [0.1, 0.15) is 15.4 Å². The van der Waals surface area contributed by atoms with Gasteiger partial charge in [0.2, 0.25) is 0 Å². The molecule has 9 nitrogen and oxygen atoms in total. The van der Waals surface area contributed by atoms with Crippen molar-refractivity contribution in [1.29, 1.82) is 0 Å². The fourth-order valence-electron chi connectivity index (χ4n) is 6.43. The summed E-state index contributed by atoms with van der Waals surface area (Å²) in [6.07, 6.45) is 1.04. The van der Waals surface area contributed by atoms with Crippen LogP contribution < -0.4 is 0 Å². The quantitative estimate of drug-likeness (QED) is 0.122. The van der Waals surface area contributed by atoms with Crippen molar-refractivity contribution in [3.8, 4) is 0 Å². The topological polar surface area (TPSA) is 138 Å². The summed E-state index contributed by atoms with van der Waals surface area (Å²) < 4.78 is 74.2. The third kappa shape index (κ3) is 10.3. The first-order valence-corrected chi connectivity index (χ1v) is 19.8. The molecular formula is C40H53NO8S2. The number of carbonyl (C=O) groups is 1. The molecule has 278 valence electrons. The van der Waals surface area contributed by atoms with E-state index in [9.17, 15) is 30.7 Å². The number of ether oxygens (including phenoxy) is 1. The van der Waals surface area contributed by atoms with Gasteiger partial charge in [0.25, 0.3) is 20.2 Å². The summed E-state index contributed by atoms with van der Waals surface area (Å²) in [4.78, 5) is 13.8. The highest BCUT2D eigenvalue weighted by Crippen LogP contribution is 2.41. The van der Waals surface area contributed by atoms with Crippen LogP contribution in [0.1, 0.15) is 84.1 Å². The van der Waals surface area contributed by atoms with Gasteiger partial charge in [-0.25, -0.2) is 0 Å². The van der Waals surface area contributed by atoms with Crippen LogP contribution in [0.25, 0.3) is 10.8 Å². The van der Waals surface area contributed by atoms with Gasteiger partial charge in [0.05, 0.1) is 0 Å². The number of carbonyl (C=O) groups excluding carboxylic acids is 1. The van der Waals surface area contributed by atoms with Gasteiger partial charge in [-0.1, -0.05) is 140 Å². The highest BCUT2D eigenvalue weighted by molar-refractivity contribution is 7.86. The Kier molecular flexibility index (Phi) is 13.1. The lowest BCUT2D eigenvalue weighted by Crippen LogP contribution is -2.44. The summed E-state index contributed by atoms with van der Waals surface area (Å²) in [7, 11) is -5.16. The number of nitrogens with zero attached hydrogens (tertiary/aromatic N) is 1. The van der Waals surface area contributed by atoms with Gasteiger partial charge >= 0.3 is 5.97 Å². The van der Waals surface area contributed by atoms with Gasteiger partial charge < -0.3 is 9.64 Å². The van der Waals surface area contributed by atoms with Crippen LogP contribution in [0, 0.1) is 5.92 Å². The lowest BCUT2D eigenvalue weighted by molar-refractivity contribution is -0.168. The van der Waals surface area contributed by atoms with E-state index in [2.05, 4.69) is 50.2 Å². The summed E-state index contributed by atoms with van der Waals surface area (Å²) in [5.41, 5.74) is 1.03. The van der Waals surface area contributed by atoms with E-state index in [-0.39, 0.29) is 32.5 Å². The molecule has 0 saturated carbocycles. The Morgan fingerprint density at radius 1 is 0.706 bits per heavy atom. The van der Waals surface area contributed by atoms with Gasteiger partial charge in [-0.15, -0.1) is 0 Å². The molecule has 0 radical (unpaired) electrons. The number of rotatable bonds is 10. The van der Waals surface area contributed by atoms with E-state index in [1.165, 1.54) is 29.8 Å². The molecule has 2 atom stereocenters. The first-order valence-electron chi connectivity index (χ1n) is 16.9. The molecule has 0 aliphatic rings. The zero-order chi connectivity index (χ0) is 38.6. The van der Waals surface area contributed by atoms with Gasteiger partial charge in [0, 0.05) is 36.1 Å². The van der Waals surface area contributed by atoms with Crippen molar-refractivity contribution in [1.82, 2.24) is 4.90 Å². The molecule has 4 aromatic rings. The third-order valence-electron chi connectivity index (χ3n) is 8.83. The molecule has 2 N–H and O–H groups in total. The number of hydrogen-bond acceptors (Lipinski definition) is 7. The van der Waals surface area contributed by atoms with Crippen LogP contribution in [0.4, 0.5) is 0 Å². The molecule has 0 heterocycles. The molecule has 0 saturated heterocycles. The predicted octanol–water partition coefficient (Wildman–Crippen LogP) is 8.20. The standard InChI is InChI=1S/C22H29NO2.C18H24O6S2/c1-5-21(24)25-22(18(2)17-23(3)4,20-14-10-7-11-15-20)16-19-12-8-6-9-13-19;1-17(2,3)13-9-7-12-11(15(13)25(19,20)21)8-10-14(18(4,5)6)16(12)26(22,23)24/h6-15,18H,5,16-17H2,1-4H3;7-10H,1-6H3,(H,19,20,21)(H,22,23,24)/t18-,22+;/m0./s1. The Balaban J connectivity index is 0.000000276. The molecule has 51 heavy (non-hydrogen) atoms. The molecule has 0 aromatic heterocycles. The zero-order valence-electron chi connectivity index (χ0n) is 31.4. The second-order valence-corrected chi connectivity index (χ2v) is 18.1. The Labute approximate surface area is 304 Å². The molecule has 4 aromatic carbocycles. The van der Waals surface area contributed by atoms with E-state index in [1.54, 1.807) is 41.5 Å². The maximum atomic E-state index is 12.3. The van der Waals surface area contributed by atoms with Crippen molar-refractivity contribution >= 4 is 37.0 Å². The fourth-order valence-corrected chi connectivity index (χ4v) is 8.65. The van der Waals surface area contributed by atoms with Gasteiger partial charge in [-0.05, 0) is 47.2 Å². The molecule has 0 fully saturated rings. The van der Waals surface area contributed by atoms with Crippen molar-refractivity contribution < 1.29 is 35.5 Å². The second kappa shape index (κ2) is 16.0. The van der Waals surface area contributed by atoms with Crippen molar-refractivity contribution in [3.05, 3.63) is 107 Å². The summed E-state index contributed by atoms with van der Waals surface area (Å²) in [5.74, 6) is -0.0222. The Bertz CT molecular complexity index is 1940. The van der Waals surface area contributed by atoms with E-state index >= 15 is 0 Å². The number of benzene rings is 4. The average molecular weight is 740 g/mol. The van der Waals surface area contributed by atoms with E-state index in [1.807, 2.05) is 43.3 Å². The summed E-state index contributed by atoms with van der Waals surface area (Å²) in [6, 6.07) is 26.3. The molecule has 0 amide bonds. The average Bonchev–Trinajstić information content (AvgIpc) is 3.02. The predicted molar refractivity (Wildman–Crippen MR) is 203 cm³/mol. The van der Waals surface area contributed by atoms with Crippen molar-refractivity contribution in [2.75, 3.05) is 20.6 Å². The smallest absolute Gasteiger partial charge is 0.306 e. The number of hydrogen-bond donors (Lipinski definition) is 2. The molecule has 0 aliphatic heterocycles. The molecular weight excluding hydrogens is 687 g/mol. The molecule has 0 spiro atoms. The minimum Gasteiger partial charge on any atom is -0.453 e. The van der Waals surface area contributed by atoms with Crippen molar-refractivity contribution in [2.24, 2.45) is 5.92 Å². The summed E-state index contributed by atoms with van der Waals surface area (Å²) in [5, 5.41) is 0.112. The third-order valence-corrected chi connectivity index (χ3v) is 10.7. The summed E-state index contributed by atoms with van der Waals surface area (Å²) in [6.45, 7) is 15.6. The highest BCUT2D eigenvalue weighted by Gasteiger charge is 2.42. The van der Waals surface area contributed by atoms with Crippen molar-refractivity contribution in [3.63, 3.8) is 0 Å².